The molecule has 0 bridgehead atoms. The molecule has 3 heterocycles. The molecule has 0 aliphatic carbocycles. The van der Waals surface area contributed by atoms with Gasteiger partial charge in [0.05, 0.1) is 21.5 Å². The van der Waals surface area contributed by atoms with Crippen LogP contribution in [0.4, 0.5) is 0 Å². The number of furan rings is 1. The van der Waals surface area contributed by atoms with Gasteiger partial charge in [0.2, 0.25) is 5.76 Å². The molecule has 6 nitrogen and oxygen atoms in total. The van der Waals surface area contributed by atoms with E-state index in [4.69, 9.17) is 13.7 Å². The minimum absolute atomic E-state index is 0.0875. The first kappa shape index (κ1) is 16.5. The number of para-hydroxylation sites is 1. The Kier molecular flexibility index (Phi) is 4.79. The SMILES string of the molecule is O=C(CCCc1nc2ccccc2s1)OCc1cc(-c2ccco2)on1. The average Bonchev–Trinajstić information content (AvgIpc) is 3.38. The Hall–Kier alpha value is -2.93. The van der Waals surface area contributed by atoms with E-state index in [1.165, 1.54) is 4.70 Å². The number of benzene rings is 1. The second kappa shape index (κ2) is 7.53. The van der Waals surface area contributed by atoms with Gasteiger partial charge in [-0.3, -0.25) is 4.79 Å². The highest BCUT2D eigenvalue weighted by molar-refractivity contribution is 7.18. The third kappa shape index (κ3) is 3.83. The number of aryl methyl sites for hydroxylation is 1. The summed E-state index contributed by atoms with van der Waals surface area (Å²) in [6, 6.07) is 13.3. The Morgan fingerprint density at radius 1 is 1.15 bits per heavy atom. The van der Waals surface area contributed by atoms with Crippen molar-refractivity contribution in [2.24, 2.45) is 0 Å². The van der Waals surface area contributed by atoms with E-state index in [1.807, 2.05) is 18.2 Å². The molecule has 0 amide bonds. The molecule has 0 radical (unpaired) electrons. The summed E-state index contributed by atoms with van der Waals surface area (Å²) >= 11 is 1.67. The molecule has 7 heteroatoms. The van der Waals surface area contributed by atoms with Crippen molar-refractivity contribution in [1.82, 2.24) is 10.1 Å². The van der Waals surface area contributed by atoms with Crippen LogP contribution in [0.25, 0.3) is 21.7 Å². The molecule has 3 aromatic heterocycles. The molecule has 0 unspecified atom stereocenters. The van der Waals surface area contributed by atoms with Crippen LogP contribution >= 0.6 is 11.3 Å². The van der Waals surface area contributed by atoms with Gasteiger partial charge < -0.3 is 13.7 Å². The van der Waals surface area contributed by atoms with Crippen molar-refractivity contribution in [2.45, 2.75) is 25.9 Å². The number of rotatable bonds is 7. The molecule has 0 N–H and O–H groups in total. The minimum Gasteiger partial charge on any atom is -0.461 e. The van der Waals surface area contributed by atoms with E-state index in [0.717, 1.165) is 16.9 Å². The molecule has 0 aliphatic heterocycles. The fourth-order valence-corrected chi connectivity index (χ4v) is 3.56. The number of fused-ring (bicyclic) bond motifs is 1. The van der Waals surface area contributed by atoms with Crippen LogP contribution in [0.1, 0.15) is 23.5 Å². The predicted molar refractivity (Wildman–Crippen MR) is 96.6 cm³/mol. The number of thiazole rings is 1. The summed E-state index contributed by atoms with van der Waals surface area (Å²) in [6.45, 7) is 0.0875. The van der Waals surface area contributed by atoms with Crippen molar-refractivity contribution in [3.8, 4) is 11.5 Å². The molecule has 0 saturated carbocycles. The Morgan fingerprint density at radius 2 is 2.08 bits per heavy atom. The van der Waals surface area contributed by atoms with Gasteiger partial charge in [-0.25, -0.2) is 4.98 Å². The quantitative estimate of drug-likeness (QED) is 0.443. The molecule has 26 heavy (non-hydrogen) atoms. The fourth-order valence-electron chi connectivity index (χ4n) is 2.55. The van der Waals surface area contributed by atoms with Crippen LogP contribution in [-0.4, -0.2) is 16.1 Å². The summed E-state index contributed by atoms with van der Waals surface area (Å²) in [5.41, 5.74) is 1.56. The van der Waals surface area contributed by atoms with Crippen molar-refractivity contribution in [1.29, 1.82) is 0 Å². The highest BCUT2D eigenvalue weighted by Gasteiger charge is 2.11. The maximum atomic E-state index is 11.9. The number of carbonyl (C=O) groups is 1. The predicted octanol–water partition coefficient (Wildman–Crippen LogP) is 4.61. The van der Waals surface area contributed by atoms with Crippen molar-refractivity contribution in [3.05, 3.63) is 59.4 Å². The lowest BCUT2D eigenvalue weighted by atomic mass is 10.2. The maximum Gasteiger partial charge on any atom is 0.306 e. The molecule has 4 rings (SSSR count). The first-order valence-corrected chi connectivity index (χ1v) is 9.09. The van der Waals surface area contributed by atoms with Gasteiger partial charge in [0.15, 0.2) is 5.76 Å². The van der Waals surface area contributed by atoms with E-state index in [0.29, 0.717) is 30.1 Å². The molecule has 0 fully saturated rings. The second-order valence-corrected chi connectivity index (χ2v) is 6.86. The highest BCUT2D eigenvalue weighted by Crippen LogP contribution is 2.23. The number of carbonyl (C=O) groups excluding carboxylic acids is 1. The highest BCUT2D eigenvalue weighted by atomic mass is 32.1. The van der Waals surface area contributed by atoms with Gasteiger partial charge in [0, 0.05) is 12.5 Å². The normalized spacial score (nSPS) is 11.1. The number of hydrogen-bond donors (Lipinski definition) is 0. The van der Waals surface area contributed by atoms with Crippen molar-refractivity contribution < 1.29 is 18.5 Å². The van der Waals surface area contributed by atoms with E-state index in [-0.39, 0.29) is 12.6 Å². The molecular formula is C19H16N2O4S. The molecule has 0 aliphatic rings. The molecule has 4 aromatic rings. The minimum atomic E-state index is -0.256. The van der Waals surface area contributed by atoms with Crippen molar-refractivity contribution in [3.63, 3.8) is 0 Å². The van der Waals surface area contributed by atoms with E-state index in [9.17, 15) is 4.79 Å². The van der Waals surface area contributed by atoms with Gasteiger partial charge in [0.25, 0.3) is 0 Å². The molecule has 0 saturated heterocycles. The van der Waals surface area contributed by atoms with Gasteiger partial charge in [-0.15, -0.1) is 11.3 Å². The lowest BCUT2D eigenvalue weighted by Gasteiger charge is -2.01. The summed E-state index contributed by atoms with van der Waals surface area (Å²) in [4.78, 5) is 16.5. The van der Waals surface area contributed by atoms with Gasteiger partial charge in [-0.2, -0.15) is 0 Å². The number of ether oxygens (including phenoxy) is 1. The van der Waals surface area contributed by atoms with Gasteiger partial charge >= 0.3 is 5.97 Å². The molecular weight excluding hydrogens is 352 g/mol. The molecule has 0 spiro atoms. The summed E-state index contributed by atoms with van der Waals surface area (Å²) in [5, 5.41) is 4.92. The van der Waals surface area contributed by atoms with Crippen LogP contribution in [0.3, 0.4) is 0 Å². The van der Waals surface area contributed by atoms with E-state index in [2.05, 4.69) is 16.2 Å². The Labute approximate surface area is 153 Å². The smallest absolute Gasteiger partial charge is 0.306 e. The second-order valence-electron chi connectivity index (χ2n) is 5.75. The fraction of sp³-hybridized carbons (Fsp3) is 0.211. The van der Waals surface area contributed by atoms with E-state index < -0.39 is 0 Å². The van der Waals surface area contributed by atoms with Gasteiger partial charge in [0.1, 0.15) is 12.3 Å². The lowest BCUT2D eigenvalue weighted by Crippen LogP contribution is -2.05. The monoisotopic (exact) mass is 368 g/mol. The Balaban J connectivity index is 1.23. The summed E-state index contributed by atoms with van der Waals surface area (Å²) < 4.78 is 16.8. The van der Waals surface area contributed by atoms with Crippen LogP contribution in [0.2, 0.25) is 0 Å². The topological polar surface area (TPSA) is 78.4 Å². The molecule has 132 valence electrons. The van der Waals surface area contributed by atoms with Gasteiger partial charge in [-0.05, 0) is 37.1 Å². The van der Waals surface area contributed by atoms with E-state index in [1.54, 1.807) is 35.8 Å². The zero-order valence-corrected chi connectivity index (χ0v) is 14.7. The average molecular weight is 368 g/mol. The third-order valence-electron chi connectivity index (χ3n) is 3.81. The Morgan fingerprint density at radius 3 is 2.92 bits per heavy atom. The third-order valence-corrected chi connectivity index (χ3v) is 4.91. The largest absolute Gasteiger partial charge is 0.461 e. The number of aromatic nitrogens is 2. The van der Waals surface area contributed by atoms with Crippen LogP contribution in [0.5, 0.6) is 0 Å². The number of esters is 1. The summed E-state index contributed by atoms with van der Waals surface area (Å²) in [6.07, 6.45) is 3.37. The van der Waals surface area contributed by atoms with Crippen molar-refractivity contribution >= 4 is 27.5 Å². The standard InChI is InChI=1S/C19H16N2O4S/c22-19(9-3-8-18-20-14-5-1-2-7-17(14)26-18)24-12-13-11-16(25-21-13)15-6-4-10-23-15/h1-2,4-7,10-11H,3,8-9,12H2. The zero-order chi connectivity index (χ0) is 17.8. The first-order valence-electron chi connectivity index (χ1n) is 8.27. The first-order chi connectivity index (χ1) is 12.8. The Bertz CT molecular complexity index is 971. The van der Waals surface area contributed by atoms with Gasteiger partial charge in [-0.1, -0.05) is 17.3 Å². The van der Waals surface area contributed by atoms with Crippen LogP contribution in [-0.2, 0) is 22.6 Å². The molecule has 1 aromatic carbocycles. The summed E-state index contributed by atoms with van der Waals surface area (Å²) in [5.74, 6) is 0.844. The van der Waals surface area contributed by atoms with Crippen LogP contribution in [0.15, 0.2) is 57.7 Å². The molecule has 0 atom stereocenters. The van der Waals surface area contributed by atoms with Crippen molar-refractivity contribution in [2.75, 3.05) is 0 Å². The van der Waals surface area contributed by atoms with E-state index >= 15 is 0 Å². The van der Waals surface area contributed by atoms with Crippen LogP contribution in [0, 0.1) is 0 Å². The van der Waals surface area contributed by atoms with Crippen LogP contribution < -0.4 is 0 Å². The number of nitrogens with zero attached hydrogens (tertiary/aromatic N) is 2. The zero-order valence-electron chi connectivity index (χ0n) is 13.9. The lowest BCUT2D eigenvalue weighted by molar-refractivity contribution is -0.145. The maximum absolute atomic E-state index is 11.9. The summed E-state index contributed by atoms with van der Waals surface area (Å²) in [7, 11) is 0. The number of hydrogen-bond acceptors (Lipinski definition) is 7.